The van der Waals surface area contributed by atoms with Crippen LogP contribution in [0.4, 0.5) is 0 Å². The van der Waals surface area contributed by atoms with Crippen molar-refractivity contribution < 1.29 is 9.90 Å². The number of rotatable bonds is 1. The number of halogens is 1. The van der Waals surface area contributed by atoms with Crippen LogP contribution < -0.4 is 5.56 Å². The smallest absolute Gasteiger partial charge is 0.352 e. The minimum Gasteiger partial charge on any atom is -0.477 e. The maximum absolute atomic E-state index is 11.2. The van der Waals surface area contributed by atoms with Gasteiger partial charge in [0.05, 0.1) is 0 Å². The lowest BCUT2D eigenvalue weighted by molar-refractivity contribution is 0.0691. The Morgan fingerprint density at radius 2 is 2.29 bits per heavy atom. The summed E-state index contributed by atoms with van der Waals surface area (Å²) < 4.78 is 0. The van der Waals surface area contributed by atoms with Crippen LogP contribution in [0.5, 0.6) is 0 Å². The Morgan fingerprint density at radius 3 is 2.86 bits per heavy atom. The number of carbonyl (C=O) groups is 1. The van der Waals surface area contributed by atoms with E-state index in [1.54, 1.807) is 0 Å². The Morgan fingerprint density at radius 1 is 1.57 bits per heavy atom. The molecule has 0 unspecified atom stereocenters. The number of hydrogen-bond donors (Lipinski definition) is 3. The van der Waals surface area contributed by atoms with Crippen LogP contribution in [0.15, 0.2) is 10.9 Å². The first-order valence-electron chi connectivity index (χ1n) is 3.60. The van der Waals surface area contributed by atoms with Crippen LogP contribution in [0, 0.1) is 0 Å². The van der Waals surface area contributed by atoms with Crippen LogP contribution in [0.25, 0.3) is 10.9 Å². The normalized spacial score (nSPS) is 10.6. The molecule has 0 fully saturated rings. The van der Waals surface area contributed by atoms with E-state index >= 15 is 0 Å². The molecule has 2 rings (SSSR count). The summed E-state index contributed by atoms with van der Waals surface area (Å²) in [6.07, 6.45) is 0. The van der Waals surface area contributed by atoms with Gasteiger partial charge in [0, 0.05) is 5.39 Å². The molecule has 72 valence electrons. The first kappa shape index (κ1) is 8.76. The maximum atomic E-state index is 11.2. The van der Waals surface area contributed by atoms with Crippen molar-refractivity contribution in [3.05, 3.63) is 27.3 Å². The van der Waals surface area contributed by atoms with Crippen molar-refractivity contribution >= 4 is 28.5 Å². The third-order valence-electron chi connectivity index (χ3n) is 1.75. The molecule has 6 nitrogen and oxygen atoms in total. The van der Waals surface area contributed by atoms with Gasteiger partial charge in [0.15, 0.2) is 5.15 Å². The Hall–Kier alpha value is -1.82. The highest BCUT2D eigenvalue weighted by Gasteiger charge is 2.12. The van der Waals surface area contributed by atoms with Crippen LogP contribution in [0.1, 0.15) is 10.5 Å². The third-order valence-corrected chi connectivity index (χ3v) is 2.04. The summed E-state index contributed by atoms with van der Waals surface area (Å²) in [6, 6.07) is 1.27. The number of carboxylic acids is 1. The van der Waals surface area contributed by atoms with Gasteiger partial charge in [0.2, 0.25) is 0 Å². The largest absolute Gasteiger partial charge is 0.477 e. The standard InChI is InChI=1S/C7H4ClN3O3/c8-5-2-1-3(7(13)14)9-4(2)6(12)11-10-5/h1,9H,(H,11,12)(H,13,14). The molecule has 0 saturated heterocycles. The van der Waals surface area contributed by atoms with Crippen LogP contribution in [0.3, 0.4) is 0 Å². The summed E-state index contributed by atoms with van der Waals surface area (Å²) in [6.45, 7) is 0. The van der Waals surface area contributed by atoms with E-state index in [1.165, 1.54) is 6.07 Å². The molecule has 0 aliphatic rings. The average molecular weight is 214 g/mol. The topological polar surface area (TPSA) is 98.8 Å². The second-order valence-corrected chi connectivity index (χ2v) is 2.98. The van der Waals surface area contributed by atoms with E-state index in [-0.39, 0.29) is 16.4 Å². The highest BCUT2D eigenvalue weighted by Crippen LogP contribution is 2.18. The number of aromatic nitrogens is 3. The van der Waals surface area contributed by atoms with Crippen LogP contribution in [-0.4, -0.2) is 26.3 Å². The van der Waals surface area contributed by atoms with E-state index in [1.807, 2.05) is 0 Å². The molecule has 14 heavy (non-hydrogen) atoms. The van der Waals surface area contributed by atoms with Crippen molar-refractivity contribution in [3.63, 3.8) is 0 Å². The highest BCUT2D eigenvalue weighted by molar-refractivity contribution is 6.34. The summed E-state index contributed by atoms with van der Waals surface area (Å²) in [4.78, 5) is 24.2. The molecule has 0 bridgehead atoms. The monoisotopic (exact) mass is 213 g/mol. The number of aromatic amines is 2. The predicted molar refractivity (Wildman–Crippen MR) is 48.7 cm³/mol. The minimum absolute atomic E-state index is 0.0587. The molecule has 0 aromatic carbocycles. The van der Waals surface area contributed by atoms with Gasteiger partial charge in [-0.2, -0.15) is 5.10 Å². The number of carboxylic acid groups (broad SMARTS) is 1. The number of H-pyrrole nitrogens is 2. The molecule has 0 aliphatic heterocycles. The molecule has 2 aromatic rings. The van der Waals surface area contributed by atoms with Crippen molar-refractivity contribution in [3.8, 4) is 0 Å². The highest BCUT2D eigenvalue weighted by atomic mass is 35.5. The van der Waals surface area contributed by atoms with E-state index in [2.05, 4.69) is 15.2 Å². The van der Waals surface area contributed by atoms with Crippen molar-refractivity contribution in [1.29, 1.82) is 0 Å². The molecule has 7 heteroatoms. The van der Waals surface area contributed by atoms with Gasteiger partial charge in [0.25, 0.3) is 5.56 Å². The van der Waals surface area contributed by atoms with Crippen molar-refractivity contribution in [2.75, 3.05) is 0 Å². The summed E-state index contributed by atoms with van der Waals surface area (Å²) >= 11 is 5.65. The average Bonchev–Trinajstić information content (AvgIpc) is 2.57. The van der Waals surface area contributed by atoms with Gasteiger partial charge in [-0.3, -0.25) is 4.79 Å². The van der Waals surface area contributed by atoms with Crippen LogP contribution in [-0.2, 0) is 0 Å². The molecule has 0 atom stereocenters. The van der Waals surface area contributed by atoms with E-state index < -0.39 is 11.5 Å². The Kier molecular flexibility index (Phi) is 1.78. The zero-order chi connectivity index (χ0) is 10.3. The molecule has 3 N–H and O–H groups in total. The number of nitrogens with one attached hydrogen (secondary N) is 2. The minimum atomic E-state index is -1.16. The third kappa shape index (κ3) is 1.16. The van der Waals surface area contributed by atoms with Gasteiger partial charge >= 0.3 is 5.97 Å². The maximum Gasteiger partial charge on any atom is 0.352 e. The lowest BCUT2D eigenvalue weighted by Gasteiger charge is -1.88. The number of fused-ring (bicyclic) bond motifs is 1. The zero-order valence-corrected chi connectivity index (χ0v) is 7.42. The van der Waals surface area contributed by atoms with Gasteiger partial charge in [-0.15, -0.1) is 0 Å². The second kappa shape index (κ2) is 2.85. The Labute approximate surface area is 81.5 Å². The fourth-order valence-electron chi connectivity index (χ4n) is 1.13. The number of hydrogen-bond acceptors (Lipinski definition) is 3. The first-order chi connectivity index (χ1) is 6.59. The summed E-state index contributed by atoms with van der Waals surface area (Å²) in [5.41, 5.74) is -0.486. The fourth-order valence-corrected chi connectivity index (χ4v) is 1.32. The fraction of sp³-hybridized carbons (Fsp3) is 0. The summed E-state index contributed by atoms with van der Waals surface area (Å²) in [5.74, 6) is -1.16. The van der Waals surface area contributed by atoms with Gasteiger partial charge in [0.1, 0.15) is 11.2 Å². The van der Waals surface area contributed by atoms with Gasteiger partial charge < -0.3 is 10.1 Å². The molecular formula is C7H4ClN3O3. The van der Waals surface area contributed by atoms with Crippen molar-refractivity contribution in [1.82, 2.24) is 15.2 Å². The number of aromatic carboxylic acids is 1. The molecule has 0 saturated carbocycles. The summed E-state index contributed by atoms with van der Waals surface area (Å²) in [5, 5.41) is 14.6. The second-order valence-electron chi connectivity index (χ2n) is 2.62. The van der Waals surface area contributed by atoms with Crippen LogP contribution in [0.2, 0.25) is 5.15 Å². The van der Waals surface area contributed by atoms with E-state index in [9.17, 15) is 9.59 Å². The molecule has 0 amide bonds. The molecule has 0 aliphatic carbocycles. The van der Waals surface area contributed by atoms with E-state index in [0.29, 0.717) is 5.39 Å². The Balaban J connectivity index is 2.89. The van der Waals surface area contributed by atoms with Crippen molar-refractivity contribution in [2.24, 2.45) is 0 Å². The van der Waals surface area contributed by atoms with Crippen LogP contribution >= 0.6 is 11.6 Å². The van der Waals surface area contributed by atoms with E-state index in [0.717, 1.165) is 0 Å². The molecule has 0 spiro atoms. The van der Waals surface area contributed by atoms with Crippen molar-refractivity contribution in [2.45, 2.75) is 0 Å². The van der Waals surface area contributed by atoms with Gasteiger partial charge in [-0.1, -0.05) is 11.6 Å². The van der Waals surface area contributed by atoms with Gasteiger partial charge in [-0.05, 0) is 6.07 Å². The predicted octanol–water partition coefficient (Wildman–Crippen LogP) is 0.603. The van der Waals surface area contributed by atoms with Gasteiger partial charge in [-0.25, -0.2) is 9.89 Å². The number of nitrogens with zero attached hydrogens (tertiary/aromatic N) is 1. The SMILES string of the molecule is O=C(O)c1cc2c(Cl)n[nH]c(=O)c2[nH]1. The Bertz CT molecular complexity index is 571. The first-order valence-corrected chi connectivity index (χ1v) is 3.97. The molecule has 0 radical (unpaired) electrons. The summed E-state index contributed by atoms with van der Waals surface area (Å²) in [7, 11) is 0. The lowest BCUT2D eigenvalue weighted by Crippen LogP contribution is -2.08. The molecular weight excluding hydrogens is 210 g/mol. The van der Waals surface area contributed by atoms with E-state index in [4.69, 9.17) is 16.7 Å². The molecule has 2 heterocycles. The quantitative estimate of drug-likeness (QED) is 0.646. The lowest BCUT2D eigenvalue weighted by atomic mass is 10.3. The molecule has 2 aromatic heterocycles. The zero-order valence-electron chi connectivity index (χ0n) is 6.67.